The Bertz CT molecular complexity index is 1800. The van der Waals surface area contributed by atoms with Crippen LogP contribution >= 0.6 is 15.9 Å². The van der Waals surface area contributed by atoms with E-state index in [2.05, 4.69) is 21.2 Å². The van der Waals surface area contributed by atoms with Crippen LogP contribution in [0, 0.1) is 6.92 Å². The highest BCUT2D eigenvalue weighted by atomic mass is 79.9. The van der Waals surface area contributed by atoms with Gasteiger partial charge in [0.2, 0.25) is 11.8 Å². The van der Waals surface area contributed by atoms with Gasteiger partial charge in [0.15, 0.2) is 11.5 Å². The molecular weight excluding hydrogens is 694 g/mol. The van der Waals surface area contributed by atoms with Gasteiger partial charge in [-0.25, -0.2) is 8.42 Å². The highest BCUT2D eigenvalue weighted by molar-refractivity contribution is 9.10. The second-order valence-corrected chi connectivity index (χ2v) is 14.3. The minimum Gasteiger partial charge on any atom is -0.493 e. The van der Waals surface area contributed by atoms with Crippen molar-refractivity contribution in [2.75, 3.05) is 25.1 Å². The molecule has 0 saturated carbocycles. The van der Waals surface area contributed by atoms with Gasteiger partial charge in [-0.3, -0.25) is 13.9 Å². The third-order valence-electron chi connectivity index (χ3n) is 8.06. The van der Waals surface area contributed by atoms with Crippen molar-refractivity contribution in [3.63, 3.8) is 0 Å². The minimum atomic E-state index is -4.32. The van der Waals surface area contributed by atoms with Crippen molar-refractivity contribution < 1.29 is 27.5 Å². The normalized spacial score (nSPS) is 12.5. The number of hydrogen-bond donors (Lipinski definition) is 1. The number of rotatable bonds is 15. The van der Waals surface area contributed by atoms with Gasteiger partial charge in [0.05, 0.1) is 24.8 Å². The lowest BCUT2D eigenvalue weighted by atomic mass is 10.0. The molecule has 0 aliphatic carbocycles. The van der Waals surface area contributed by atoms with Gasteiger partial charge >= 0.3 is 0 Å². The Morgan fingerprint density at radius 2 is 1.52 bits per heavy atom. The number of carbonyl (C=O) groups is 2. The number of carbonyl (C=O) groups excluding carboxylic acids is 2. The van der Waals surface area contributed by atoms with Crippen LogP contribution in [0.2, 0.25) is 0 Å². The highest BCUT2D eigenvalue weighted by Gasteiger charge is 2.35. The lowest BCUT2D eigenvalue weighted by Crippen LogP contribution is -2.54. The van der Waals surface area contributed by atoms with E-state index in [9.17, 15) is 18.0 Å². The van der Waals surface area contributed by atoms with E-state index >= 15 is 0 Å². The number of sulfonamides is 1. The zero-order valence-electron chi connectivity index (χ0n) is 27.9. The lowest BCUT2D eigenvalue weighted by molar-refractivity contribution is -0.140. The lowest BCUT2D eigenvalue weighted by Gasteiger charge is -2.34. The van der Waals surface area contributed by atoms with Crippen molar-refractivity contribution in [2.45, 2.75) is 57.1 Å². The van der Waals surface area contributed by atoms with Gasteiger partial charge in [-0.1, -0.05) is 83.0 Å². The molecule has 0 aliphatic rings. The number of benzene rings is 4. The van der Waals surface area contributed by atoms with Gasteiger partial charge < -0.3 is 19.7 Å². The molecule has 0 saturated heterocycles. The molecule has 0 aromatic heterocycles. The number of amides is 2. The smallest absolute Gasteiger partial charge is 0.264 e. The molecule has 4 aromatic rings. The first-order chi connectivity index (χ1) is 23.0. The number of nitrogens with one attached hydrogen (secondary N) is 1. The molecule has 254 valence electrons. The average molecular weight is 737 g/mol. The van der Waals surface area contributed by atoms with Crippen molar-refractivity contribution in [3.8, 4) is 11.5 Å². The Kier molecular flexibility index (Phi) is 12.7. The summed E-state index contributed by atoms with van der Waals surface area (Å²) in [4.78, 5) is 30.1. The molecule has 0 radical (unpaired) electrons. The van der Waals surface area contributed by atoms with Crippen molar-refractivity contribution in [1.29, 1.82) is 0 Å². The third-order valence-corrected chi connectivity index (χ3v) is 10.3. The van der Waals surface area contributed by atoms with E-state index in [4.69, 9.17) is 9.47 Å². The van der Waals surface area contributed by atoms with E-state index in [0.29, 0.717) is 17.9 Å². The van der Waals surface area contributed by atoms with Crippen LogP contribution in [0.5, 0.6) is 11.5 Å². The molecule has 2 amide bonds. The van der Waals surface area contributed by atoms with Crippen LogP contribution in [0.15, 0.2) is 106 Å². The van der Waals surface area contributed by atoms with Crippen molar-refractivity contribution in [1.82, 2.24) is 10.2 Å². The monoisotopic (exact) mass is 735 g/mol. The van der Waals surface area contributed by atoms with Crippen LogP contribution in [-0.2, 0) is 32.6 Å². The first-order valence-electron chi connectivity index (χ1n) is 15.7. The topological polar surface area (TPSA) is 105 Å². The molecule has 2 atom stereocenters. The molecule has 0 heterocycles. The van der Waals surface area contributed by atoms with Crippen molar-refractivity contribution in [3.05, 3.63) is 118 Å². The number of hydrogen-bond acceptors (Lipinski definition) is 6. The van der Waals surface area contributed by atoms with E-state index in [1.807, 2.05) is 75.4 Å². The van der Waals surface area contributed by atoms with Gasteiger partial charge in [-0.2, -0.15) is 0 Å². The number of halogens is 1. The van der Waals surface area contributed by atoms with Crippen LogP contribution in [0.25, 0.3) is 0 Å². The molecule has 48 heavy (non-hydrogen) atoms. The van der Waals surface area contributed by atoms with Gasteiger partial charge in [-0.05, 0) is 67.8 Å². The molecule has 4 rings (SSSR count). The molecule has 1 N–H and O–H groups in total. The second kappa shape index (κ2) is 16.7. The van der Waals surface area contributed by atoms with Crippen LogP contribution in [0.1, 0.15) is 37.0 Å². The quantitative estimate of drug-likeness (QED) is 0.149. The zero-order valence-corrected chi connectivity index (χ0v) is 30.3. The first-order valence-corrected chi connectivity index (χ1v) is 17.9. The van der Waals surface area contributed by atoms with E-state index in [1.54, 1.807) is 24.3 Å². The van der Waals surface area contributed by atoms with E-state index in [-0.39, 0.29) is 35.6 Å². The largest absolute Gasteiger partial charge is 0.493 e. The van der Waals surface area contributed by atoms with Crippen LogP contribution < -0.4 is 19.1 Å². The molecular formula is C37H42BrN3O6S. The van der Waals surface area contributed by atoms with Gasteiger partial charge in [0.25, 0.3) is 10.0 Å². The molecule has 9 nitrogen and oxygen atoms in total. The summed E-state index contributed by atoms with van der Waals surface area (Å²) in [7, 11) is -1.43. The van der Waals surface area contributed by atoms with E-state index < -0.39 is 28.5 Å². The molecule has 11 heteroatoms. The fourth-order valence-electron chi connectivity index (χ4n) is 5.17. The predicted octanol–water partition coefficient (Wildman–Crippen LogP) is 6.52. The Hall–Kier alpha value is -4.35. The van der Waals surface area contributed by atoms with Gasteiger partial charge in [-0.15, -0.1) is 0 Å². The zero-order chi connectivity index (χ0) is 34.8. The summed E-state index contributed by atoms with van der Waals surface area (Å²) >= 11 is 3.51. The second-order valence-electron chi connectivity index (χ2n) is 11.5. The third kappa shape index (κ3) is 9.17. The van der Waals surface area contributed by atoms with Crippen molar-refractivity contribution >= 4 is 43.5 Å². The number of anilines is 1. The SMILES string of the molecule is CC[C@H](C)NC(=O)[C@H](Cc1ccccc1)N(Cc1cccc(Br)c1)C(=O)CN(c1ccc(C)cc1)S(=O)(=O)c1ccc(OC)c(OC)c1. The number of ether oxygens (including phenoxy) is 2. The summed E-state index contributed by atoms with van der Waals surface area (Å²) in [5.74, 6) is -0.263. The van der Waals surface area contributed by atoms with Crippen LogP contribution in [-0.4, -0.2) is 58.0 Å². The minimum absolute atomic E-state index is 0.0713. The van der Waals surface area contributed by atoms with Gasteiger partial charge in [0, 0.05) is 29.5 Å². The maximum atomic E-state index is 14.7. The highest BCUT2D eigenvalue weighted by Crippen LogP contribution is 2.32. The Labute approximate surface area is 292 Å². The summed E-state index contributed by atoms with van der Waals surface area (Å²) in [6.07, 6.45) is 0.934. The predicted molar refractivity (Wildman–Crippen MR) is 192 cm³/mol. The van der Waals surface area contributed by atoms with Crippen LogP contribution in [0.4, 0.5) is 5.69 Å². The van der Waals surface area contributed by atoms with Crippen molar-refractivity contribution in [2.24, 2.45) is 0 Å². The number of aryl methyl sites for hydroxylation is 1. The molecule has 0 unspecified atom stereocenters. The fraction of sp³-hybridized carbons (Fsp3) is 0.297. The first kappa shape index (κ1) is 36.5. The summed E-state index contributed by atoms with van der Waals surface area (Å²) in [5.41, 5.74) is 2.86. The molecule has 0 fully saturated rings. The molecule has 0 spiro atoms. The van der Waals surface area contributed by atoms with Gasteiger partial charge in [0.1, 0.15) is 12.6 Å². The number of methoxy groups -OCH3 is 2. The Morgan fingerprint density at radius 3 is 2.15 bits per heavy atom. The summed E-state index contributed by atoms with van der Waals surface area (Å²) in [6.45, 7) is 5.29. The Balaban J connectivity index is 1.83. The maximum Gasteiger partial charge on any atom is 0.264 e. The average Bonchev–Trinajstić information content (AvgIpc) is 3.09. The standard InChI is InChI=1S/C37H42BrN3O6S/c1-6-27(3)39-37(43)33(22-28-11-8-7-9-12-28)40(24-29-13-10-14-30(38)21-29)36(42)25-41(31-17-15-26(2)16-18-31)48(44,45)32-19-20-34(46-4)35(23-32)47-5/h7-21,23,27,33H,6,22,24-25H2,1-5H3,(H,39,43)/t27-,33-/m0/s1. The number of nitrogens with zero attached hydrogens (tertiary/aromatic N) is 2. The summed E-state index contributed by atoms with van der Waals surface area (Å²) in [6, 6.07) is 27.1. The maximum absolute atomic E-state index is 14.7. The molecule has 4 aromatic carbocycles. The molecule has 0 aliphatic heterocycles. The summed E-state index contributed by atoms with van der Waals surface area (Å²) < 4.78 is 41.4. The molecule has 0 bridgehead atoms. The Morgan fingerprint density at radius 1 is 0.854 bits per heavy atom. The summed E-state index contributed by atoms with van der Waals surface area (Å²) in [5, 5.41) is 3.05. The van der Waals surface area contributed by atoms with Crippen LogP contribution in [0.3, 0.4) is 0 Å². The fourth-order valence-corrected chi connectivity index (χ4v) is 7.05. The van der Waals surface area contributed by atoms with E-state index in [1.165, 1.54) is 37.3 Å². The van der Waals surface area contributed by atoms with E-state index in [0.717, 1.165) is 25.5 Å².